The van der Waals surface area contributed by atoms with Crippen molar-refractivity contribution in [1.82, 2.24) is 14.8 Å². The molecule has 0 atom stereocenters. The highest BCUT2D eigenvalue weighted by Crippen LogP contribution is 2.30. The highest BCUT2D eigenvalue weighted by molar-refractivity contribution is 6.07. The molecule has 0 saturated carbocycles. The predicted molar refractivity (Wildman–Crippen MR) is 90.8 cm³/mol. The van der Waals surface area contributed by atoms with Crippen molar-refractivity contribution in [3.8, 4) is 17.2 Å². The first-order valence-corrected chi connectivity index (χ1v) is 7.87. The number of aromatic nitrogens is 3. The fourth-order valence-corrected chi connectivity index (χ4v) is 2.78. The van der Waals surface area contributed by atoms with Gasteiger partial charge >= 0.3 is 0 Å². The summed E-state index contributed by atoms with van der Waals surface area (Å²) in [5, 5.41) is 6.48. The molecule has 1 aliphatic heterocycles. The molecule has 9 heteroatoms. The third kappa shape index (κ3) is 2.79. The minimum Gasteiger partial charge on any atom is -0.493 e. The first-order chi connectivity index (χ1) is 12.5. The number of hydrogen-bond acceptors (Lipinski definition) is 6. The van der Waals surface area contributed by atoms with Gasteiger partial charge in [-0.3, -0.25) is 14.3 Å². The van der Waals surface area contributed by atoms with Gasteiger partial charge in [0, 0.05) is 25.2 Å². The summed E-state index contributed by atoms with van der Waals surface area (Å²) in [6.07, 6.45) is 3.57. The molecule has 0 fully saturated rings. The van der Waals surface area contributed by atoms with E-state index >= 15 is 0 Å². The number of fused-ring (bicyclic) bond motifs is 1. The van der Waals surface area contributed by atoms with Crippen LogP contribution in [-0.4, -0.2) is 33.2 Å². The molecule has 0 aliphatic carbocycles. The van der Waals surface area contributed by atoms with Gasteiger partial charge in [0.05, 0.1) is 12.3 Å². The maximum absolute atomic E-state index is 12.4. The standard InChI is InChI=1S/C17H15N5O4/c1-22-7-11(14(21-22)15(18)23)19-16(24)12-8-26-17(20-12)10-2-3-13-9(6-10)4-5-25-13/h2-3,6-8H,4-5H2,1H3,(H2,18,23)(H,19,24). The van der Waals surface area contributed by atoms with E-state index in [0.717, 1.165) is 23.3 Å². The molecule has 3 aromatic rings. The topological polar surface area (TPSA) is 125 Å². The summed E-state index contributed by atoms with van der Waals surface area (Å²) in [7, 11) is 1.62. The lowest BCUT2D eigenvalue weighted by Gasteiger charge is -2.01. The average Bonchev–Trinajstić information content (AvgIpc) is 3.32. The van der Waals surface area contributed by atoms with Crippen molar-refractivity contribution in [3.05, 3.63) is 47.6 Å². The van der Waals surface area contributed by atoms with Gasteiger partial charge in [-0.1, -0.05) is 0 Å². The smallest absolute Gasteiger partial charge is 0.277 e. The second kappa shape index (κ2) is 6.03. The molecule has 2 aromatic heterocycles. The average molecular weight is 353 g/mol. The summed E-state index contributed by atoms with van der Waals surface area (Å²) in [5.41, 5.74) is 7.36. The van der Waals surface area contributed by atoms with Gasteiger partial charge in [0.1, 0.15) is 12.0 Å². The van der Waals surface area contributed by atoms with Crippen LogP contribution >= 0.6 is 0 Å². The van der Waals surface area contributed by atoms with Gasteiger partial charge in [-0.15, -0.1) is 0 Å². The third-order valence-electron chi connectivity index (χ3n) is 3.98. The SMILES string of the molecule is Cn1cc(NC(=O)c2coc(-c3ccc4c(c3)CCO4)n2)c(C(N)=O)n1. The Labute approximate surface area is 147 Å². The van der Waals surface area contributed by atoms with Gasteiger partial charge in [0.15, 0.2) is 11.4 Å². The number of aryl methyl sites for hydroxylation is 1. The van der Waals surface area contributed by atoms with E-state index in [2.05, 4.69) is 15.4 Å². The van der Waals surface area contributed by atoms with Gasteiger partial charge in [-0.2, -0.15) is 5.10 Å². The van der Waals surface area contributed by atoms with E-state index in [1.165, 1.54) is 17.1 Å². The molecule has 2 amide bonds. The number of nitrogens with two attached hydrogens (primary N) is 1. The molecule has 3 N–H and O–H groups in total. The molecule has 1 aliphatic rings. The van der Waals surface area contributed by atoms with Gasteiger partial charge in [-0.25, -0.2) is 4.98 Å². The van der Waals surface area contributed by atoms with Crippen molar-refractivity contribution in [1.29, 1.82) is 0 Å². The number of benzene rings is 1. The fourth-order valence-electron chi connectivity index (χ4n) is 2.78. The van der Waals surface area contributed by atoms with Crippen LogP contribution in [0.3, 0.4) is 0 Å². The van der Waals surface area contributed by atoms with Crippen molar-refractivity contribution >= 4 is 17.5 Å². The number of nitrogens with zero attached hydrogens (tertiary/aromatic N) is 3. The van der Waals surface area contributed by atoms with E-state index in [9.17, 15) is 9.59 Å². The molecule has 132 valence electrons. The Morgan fingerprint density at radius 2 is 2.19 bits per heavy atom. The number of oxazole rings is 1. The number of carbonyl (C=O) groups excluding carboxylic acids is 2. The van der Waals surface area contributed by atoms with Crippen molar-refractivity contribution in [2.75, 3.05) is 11.9 Å². The van der Waals surface area contributed by atoms with Crippen LogP contribution in [0.4, 0.5) is 5.69 Å². The number of amides is 2. The lowest BCUT2D eigenvalue weighted by Crippen LogP contribution is -2.18. The van der Waals surface area contributed by atoms with Crippen LogP contribution in [0.1, 0.15) is 26.5 Å². The molecule has 0 radical (unpaired) electrons. The van der Waals surface area contributed by atoms with Crippen LogP contribution in [0.15, 0.2) is 35.1 Å². The van der Waals surface area contributed by atoms with Gasteiger partial charge in [0.2, 0.25) is 5.89 Å². The van der Waals surface area contributed by atoms with Crippen LogP contribution in [-0.2, 0) is 13.5 Å². The van der Waals surface area contributed by atoms with E-state index in [1.54, 1.807) is 7.05 Å². The van der Waals surface area contributed by atoms with Crippen molar-refractivity contribution in [2.45, 2.75) is 6.42 Å². The fraction of sp³-hybridized carbons (Fsp3) is 0.176. The first kappa shape index (κ1) is 15.9. The number of rotatable bonds is 4. The van der Waals surface area contributed by atoms with E-state index in [-0.39, 0.29) is 17.1 Å². The maximum Gasteiger partial charge on any atom is 0.277 e. The van der Waals surface area contributed by atoms with Crippen molar-refractivity contribution < 1.29 is 18.7 Å². The van der Waals surface area contributed by atoms with Crippen LogP contribution < -0.4 is 15.8 Å². The van der Waals surface area contributed by atoms with Crippen molar-refractivity contribution in [3.63, 3.8) is 0 Å². The molecule has 4 rings (SSSR count). The summed E-state index contributed by atoms with van der Waals surface area (Å²) in [6, 6.07) is 5.61. The third-order valence-corrected chi connectivity index (χ3v) is 3.98. The summed E-state index contributed by atoms with van der Waals surface area (Å²) in [6.45, 7) is 0.658. The Morgan fingerprint density at radius 3 is 3.00 bits per heavy atom. The largest absolute Gasteiger partial charge is 0.493 e. The Kier molecular flexibility index (Phi) is 3.68. The van der Waals surface area contributed by atoms with Crippen LogP contribution in [0.25, 0.3) is 11.5 Å². The molecule has 9 nitrogen and oxygen atoms in total. The summed E-state index contributed by atoms with van der Waals surface area (Å²) in [5.74, 6) is -0.0814. The number of nitrogens with one attached hydrogen (secondary N) is 1. The first-order valence-electron chi connectivity index (χ1n) is 7.87. The quantitative estimate of drug-likeness (QED) is 0.729. The lowest BCUT2D eigenvalue weighted by molar-refractivity contribution is 0.0995. The Hall–Kier alpha value is -3.62. The molecule has 26 heavy (non-hydrogen) atoms. The zero-order valence-corrected chi connectivity index (χ0v) is 13.9. The van der Waals surface area contributed by atoms with E-state index < -0.39 is 11.8 Å². The molecule has 1 aromatic carbocycles. The summed E-state index contributed by atoms with van der Waals surface area (Å²) < 4.78 is 12.3. The van der Waals surface area contributed by atoms with Crippen LogP contribution in [0, 0.1) is 0 Å². The van der Waals surface area contributed by atoms with E-state index in [0.29, 0.717) is 12.5 Å². The molecular formula is C17H15N5O4. The Balaban J connectivity index is 1.56. The number of hydrogen-bond donors (Lipinski definition) is 2. The second-order valence-electron chi connectivity index (χ2n) is 5.84. The lowest BCUT2D eigenvalue weighted by atomic mass is 10.1. The Bertz CT molecular complexity index is 1020. The minimum absolute atomic E-state index is 0.0248. The van der Waals surface area contributed by atoms with E-state index in [1.807, 2.05) is 18.2 Å². The second-order valence-corrected chi connectivity index (χ2v) is 5.84. The van der Waals surface area contributed by atoms with Crippen molar-refractivity contribution in [2.24, 2.45) is 12.8 Å². The molecule has 0 spiro atoms. The van der Waals surface area contributed by atoms with Gasteiger partial charge in [-0.05, 0) is 23.8 Å². The van der Waals surface area contributed by atoms with Crippen LogP contribution in [0.5, 0.6) is 5.75 Å². The molecule has 3 heterocycles. The zero-order valence-electron chi connectivity index (χ0n) is 13.9. The normalized spacial score (nSPS) is 12.5. The molecular weight excluding hydrogens is 338 g/mol. The minimum atomic E-state index is -0.734. The highest BCUT2D eigenvalue weighted by atomic mass is 16.5. The predicted octanol–water partition coefficient (Wildman–Crippen LogP) is 1.36. The van der Waals surface area contributed by atoms with E-state index in [4.69, 9.17) is 14.9 Å². The maximum atomic E-state index is 12.4. The molecule has 0 unspecified atom stereocenters. The number of primary amides is 1. The molecule has 0 saturated heterocycles. The Morgan fingerprint density at radius 1 is 1.35 bits per heavy atom. The summed E-state index contributed by atoms with van der Waals surface area (Å²) in [4.78, 5) is 28.0. The number of ether oxygens (including phenoxy) is 1. The summed E-state index contributed by atoms with van der Waals surface area (Å²) >= 11 is 0. The number of anilines is 1. The van der Waals surface area contributed by atoms with Gasteiger partial charge in [0.25, 0.3) is 11.8 Å². The van der Waals surface area contributed by atoms with Gasteiger partial charge < -0.3 is 20.2 Å². The monoisotopic (exact) mass is 353 g/mol. The molecule has 0 bridgehead atoms. The number of carbonyl (C=O) groups is 2. The zero-order chi connectivity index (χ0) is 18.3. The van der Waals surface area contributed by atoms with Crippen LogP contribution in [0.2, 0.25) is 0 Å². The highest BCUT2D eigenvalue weighted by Gasteiger charge is 2.20.